The molecule has 0 aliphatic heterocycles. The van der Waals surface area contributed by atoms with Crippen LogP contribution in [0.15, 0.2) is 0 Å². The molecule has 0 aromatic rings. The van der Waals surface area contributed by atoms with Crippen molar-refractivity contribution < 1.29 is 15.0 Å². The van der Waals surface area contributed by atoms with Crippen molar-refractivity contribution in [1.29, 1.82) is 5.26 Å². The minimum absolute atomic E-state index is 0.00579. The Bertz CT molecular complexity index is 139. The Morgan fingerprint density at radius 2 is 2.09 bits per heavy atom. The third-order valence-corrected chi connectivity index (χ3v) is 0.781. The Hall–Kier alpha value is -1.08. The maximum Gasteiger partial charge on any atom is 0.303 e. The standard InChI is InChI=1S/C5H7NO3.C2H6/c6-3-4(7)1-2-5(8)9;1-2/h4,7H,1-2H2,(H,8,9);1-2H3/t4-;/m0./s1. The molecule has 0 aliphatic rings. The summed E-state index contributed by atoms with van der Waals surface area (Å²) in [5.41, 5.74) is 0. The molecule has 0 heterocycles. The molecule has 0 saturated heterocycles. The van der Waals surface area contributed by atoms with Crippen LogP contribution < -0.4 is 0 Å². The third kappa shape index (κ3) is 12.2. The van der Waals surface area contributed by atoms with Crippen molar-refractivity contribution in [1.82, 2.24) is 0 Å². The highest BCUT2D eigenvalue weighted by Crippen LogP contribution is 1.93. The molecule has 0 unspecified atom stereocenters. The first-order chi connectivity index (χ1) is 5.16. The molecule has 4 heteroatoms. The van der Waals surface area contributed by atoms with Gasteiger partial charge in [-0.2, -0.15) is 5.26 Å². The normalized spacial score (nSPS) is 10.4. The number of hydrogen-bond acceptors (Lipinski definition) is 3. The summed E-state index contributed by atoms with van der Waals surface area (Å²) in [6.07, 6.45) is -1.29. The predicted molar refractivity (Wildman–Crippen MR) is 39.8 cm³/mol. The number of aliphatic carboxylic acids is 1. The highest BCUT2D eigenvalue weighted by atomic mass is 16.4. The van der Waals surface area contributed by atoms with Crippen LogP contribution >= 0.6 is 0 Å². The van der Waals surface area contributed by atoms with Crippen molar-refractivity contribution in [3.63, 3.8) is 0 Å². The molecule has 0 radical (unpaired) electrons. The van der Waals surface area contributed by atoms with Crippen LogP contribution in [-0.2, 0) is 4.79 Å². The summed E-state index contributed by atoms with van der Waals surface area (Å²) >= 11 is 0. The van der Waals surface area contributed by atoms with Crippen molar-refractivity contribution >= 4 is 5.97 Å². The molecule has 2 N–H and O–H groups in total. The zero-order valence-electron chi connectivity index (χ0n) is 6.74. The summed E-state index contributed by atoms with van der Waals surface area (Å²) in [5, 5.41) is 24.5. The number of carboxylic acids is 1. The number of nitrogens with zero attached hydrogens (tertiary/aromatic N) is 1. The Morgan fingerprint density at radius 1 is 1.64 bits per heavy atom. The highest BCUT2D eigenvalue weighted by molar-refractivity contribution is 5.66. The minimum atomic E-state index is -1.14. The van der Waals surface area contributed by atoms with Crippen LogP contribution in [0.5, 0.6) is 0 Å². The molecular formula is C7H13NO3. The molecule has 0 amide bonds. The molecule has 64 valence electrons. The van der Waals surface area contributed by atoms with Gasteiger partial charge >= 0.3 is 5.97 Å². The van der Waals surface area contributed by atoms with Crippen molar-refractivity contribution in [3.05, 3.63) is 0 Å². The van der Waals surface area contributed by atoms with E-state index in [0.717, 1.165) is 0 Å². The van der Waals surface area contributed by atoms with Crippen LogP contribution in [0.3, 0.4) is 0 Å². The number of nitriles is 1. The topological polar surface area (TPSA) is 81.3 Å². The minimum Gasteiger partial charge on any atom is -0.481 e. The van der Waals surface area contributed by atoms with Gasteiger partial charge in [-0.05, 0) is 6.42 Å². The second-order valence-corrected chi connectivity index (χ2v) is 1.58. The lowest BCUT2D eigenvalue weighted by molar-refractivity contribution is -0.137. The molecule has 0 aliphatic carbocycles. The van der Waals surface area contributed by atoms with Crippen LogP contribution in [0.2, 0.25) is 0 Å². The summed E-state index contributed by atoms with van der Waals surface area (Å²) in [4.78, 5) is 9.80. The van der Waals surface area contributed by atoms with Crippen LogP contribution in [0.1, 0.15) is 26.7 Å². The van der Waals surface area contributed by atoms with Gasteiger partial charge in [0.2, 0.25) is 0 Å². The molecule has 0 aromatic carbocycles. The fourth-order valence-electron chi connectivity index (χ4n) is 0.325. The molecule has 0 spiro atoms. The largest absolute Gasteiger partial charge is 0.481 e. The molecule has 4 nitrogen and oxygen atoms in total. The zero-order valence-corrected chi connectivity index (χ0v) is 6.74. The van der Waals surface area contributed by atoms with Gasteiger partial charge in [-0.1, -0.05) is 13.8 Å². The number of rotatable bonds is 3. The summed E-state index contributed by atoms with van der Waals surface area (Å²) < 4.78 is 0. The molecule has 11 heavy (non-hydrogen) atoms. The van der Waals surface area contributed by atoms with E-state index in [0.29, 0.717) is 0 Å². The Labute approximate surface area is 66.1 Å². The van der Waals surface area contributed by atoms with Gasteiger partial charge < -0.3 is 10.2 Å². The van der Waals surface area contributed by atoms with Crippen molar-refractivity contribution in [2.75, 3.05) is 0 Å². The van der Waals surface area contributed by atoms with Gasteiger partial charge in [-0.25, -0.2) is 0 Å². The Balaban J connectivity index is 0. The number of aliphatic hydroxyl groups excluding tert-OH is 1. The van der Waals surface area contributed by atoms with Gasteiger partial charge in [0.15, 0.2) is 0 Å². The van der Waals surface area contributed by atoms with E-state index in [2.05, 4.69) is 0 Å². The van der Waals surface area contributed by atoms with Gasteiger partial charge in [0.05, 0.1) is 6.07 Å². The molecule has 0 fully saturated rings. The number of carbonyl (C=O) groups is 1. The average Bonchev–Trinajstić information content (AvgIpc) is 2.04. The van der Waals surface area contributed by atoms with Gasteiger partial charge in [-0.3, -0.25) is 4.79 Å². The van der Waals surface area contributed by atoms with E-state index in [1.165, 1.54) is 6.07 Å². The fourth-order valence-corrected chi connectivity index (χ4v) is 0.325. The molecule has 0 saturated carbocycles. The summed E-state index contributed by atoms with van der Waals surface area (Å²) in [7, 11) is 0. The van der Waals surface area contributed by atoms with Crippen molar-refractivity contribution in [3.8, 4) is 6.07 Å². The van der Waals surface area contributed by atoms with Crippen LogP contribution in [0.4, 0.5) is 0 Å². The van der Waals surface area contributed by atoms with Gasteiger partial charge in [-0.15, -0.1) is 0 Å². The first-order valence-corrected chi connectivity index (χ1v) is 3.46. The summed E-state index contributed by atoms with van der Waals surface area (Å²) in [6.45, 7) is 4.00. The van der Waals surface area contributed by atoms with E-state index in [9.17, 15) is 4.79 Å². The van der Waals surface area contributed by atoms with Crippen LogP contribution in [0, 0.1) is 11.3 Å². The molecular weight excluding hydrogens is 146 g/mol. The van der Waals surface area contributed by atoms with E-state index in [1.54, 1.807) is 0 Å². The monoisotopic (exact) mass is 159 g/mol. The molecule has 0 bridgehead atoms. The maximum absolute atomic E-state index is 9.80. The third-order valence-electron chi connectivity index (χ3n) is 0.781. The SMILES string of the molecule is CC.N#C[C@@H](O)CCC(=O)O. The van der Waals surface area contributed by atoms with E-state index < -0.39 is 12.1 Å². The molecule has 0 rings (SSSR count). The zero-order chi connectivity index (χ0) is 9.28. The lowest BCUT2D eigenvalue weighted by atomic mass is 10.2. The molecule has 1 atom stereocenters. The summed E-state index contributed by atoms with van der Waals surface area (Å²) in [5.74, 6) is -0.996. The highest BCUT2D eigenvalue weighted by Gasteiger charge is 2.03. The van der Waals surface area contributed by atoms with Gasteiger partial charge in [0.25, 0.3) is 0 Å². The van der Waals surface area contributed by atoms with Crippen LogP contribution in [-0.4, -0.2) is 22.3 Å². The second-order valence-electron chi connectivity index (χ2n) is 1.58. The molecule has 0 aromatic heterocycles. The smallest absolute Gasteiger partial charge is 0.303 e. The van der Waals surface area contributed by atoms with Gasteiger partial charge in [0, 0.05) is 6.42 Å². The Morgan fingerprint density at radius 3 is 2.36 bits per heavy atom. The fraction of sp³-hybridized carbons (Fsp3) is 0.714. The number of aliphatic hydroxyl groups is 1. The van der Waals surface area contributed by atoms with Crippen molar-refractivity contribution in [2.24, 2.45) is 0 Å². The quantitative estimate of drug-likeness (QED) is 0.596. The van der Waals surface area contributed by atoms with E-state index in [4.69, 9.17) is 15.5 Å². The first-order valence-electron chi connectivity index (χ1n) is 3.46. The lowest BCUT2D eigenvalue weighted by Crippen LogP contribution is -2.05. The van der Waals surface area contributed by atoms with E-state index in [-0.39, 0.29) is 12.8 Å². The van der Waals surface area contributed by atoms with E-state index >= 15 is 0 Å². The van der Waals surface area contributed by atoms with Crippen LogP contribution in [0.25, 0.3) is 0 Å². The second kappa shape index (κ2) is 8.92. The predicted octanol–water partition coefficient (Wildman–Crippen LogP) is 0.762. The van der Waals surface area contributed by atoms with Crippen molar-refractivity contribution in [2.45, 2.75) is 32.8 Å². The Kier molecular flexibility index (Phi) is 10.2. The lowest BCUT2D eigenvalue weighted by Gasteiger charge is -1.94. The number of carboxylic acid groups (broad SMARTS) is 1. The first kappa shape index (κ1) is 12.6. The summed E-state index contributed by atoms with van der Waals surface area (Å²) in [6, 6.07) is 1.51. The average molecular weight is 159 g/mol. The maximum atomic E-state index is 9.80. The van der Waals surface area contributed by atoms with Gasteiger partial charge in [0.1, 0.15) is 6.10 Å². The van der Waals surface area contributed by atoms with E-state index in [1.807, 2.05) is 13.8 Å². The number of hydrogen-bond donors (Lipinski definition) is 2.